The molecule has 0 saturated carbocycles. The standard InChI is InChI=1S/C12H16O3S/c1-9-4-5-12(10(2)13)8-11(9)6-7-16(3,14)15/h4-5,8H,6-7H2,1-3H3. The average molecular weight is 240 g/mol. The van der Waals surface area contributed by atoms with E-state index in [2.05, 4.69) is 0 Å². The van der Waals surface area contributed by atoms with Crippen molar-refractivity contribution in [1.82, 2.24) is 0 Å². The zero-order chi connectivity index (χ0) is 12.3. The molecule has 0 saturated heterocycles. The van der Waals surface area contributed by atoms with E-state index in [4.69, 9.17) is 0 Å². The summed E-state index contributed by atoms with van der Waals surface area (Å²) < 4.78 is 22.1. The smallest absolute Gasteiger partial charge is 0.159 e. The molecule has 0 unspecified atom stereocenters. The molecule has 1 aromatic carbocycles. The Morgan fingerprint density at radius 3 is 2.44 bits per heavy atom. The molecule has 0 N–H and O–H groups in total. The van der Waals surface area contributed by atoms with Gasteiger partial charge in [-0.25, -0.2) is 8.42 Å². The number of rotatable bonds is 4. The summed E-state index contributed by atoms with van der Waals surface area (Å²) in [6.07, 6.45) is 1.68. The van der Waals surface area contributed by atoms with Crippen molar-refractivity contribution in [2.75, 3.05) is 12.0 Å². The van der Waals surface area contributed by atoms with Crippen LogP contribution in [0.3, 0.4) is 0 Å². The first-order chi connectivity index (χ1) is 7.29. The van der Waals surface area contributed by atoms with E-state index < -0.39 is 9.84 Å². The Morgan fingerprint density at radius 1 is 1.31 bits per heavy atom. The molecule has 0 aromatic heterocycles. The fourth-order valence-corrected chi connectivity index (χ4v) is 2.05. The molecule has 1 aromatic rings. The van der Waals surface area contributed by atoms with E-state index in [1.165, 1.54) is 13.2 Å². The Bertz CT molecular complexity index is 501. The van der Waals surface area contributed by atoms with E-state index in [0.29, 0.717) is 12.0 Å². The molecule has 1 rings (SSSR count). The molecule has 88 valence electrons. The predicted octanol–water partition coefficient (Wildman–Crippen LogP) is 1.78. The van der Waals surface area contributed by atoms with Crippen LogP contribution in [-0.2, 0) is 16.3 Å². The van der Waals surface area contributed by atoms with E-state index in [-0.39, 0.29) is 11.5 Å². The van der Waals surface area contributed by atoms with Crippen molar-refractivity contribution in [3.63, 3.8) is 0 Å². The Hall–Kier alpha value is -1.16. The van der Waals surface area contributed by atoms with Crippen LogP contribution < -0.4 is 0 Å². The predicted molar refractivity (Wildman–Crippen MR) is 64.6 cm³/mol. The molecule has 0 radical (unpaired) electrons. The highest BCUT2D eigenvalue weighted by molar-refractivity contribution is 7.90. The molecular weight excluding hydrogens is 224 g/mol. The van der Waals surface area contributed by atoms with Gasteiger partial charge in [0.05, 0.1) is 5.75 Å². The third-order valence-electron chi connectivity index (χ3n) is 2.50. The zero-order valence-corrected chi connectivity index (χ0v) is 10.6. The lowest BCUT2D eigenvalue weighted by molar-refractivity contribution is 0.101. The van der Waals surface area contributed by atoms with Gasteiger partial charge >= 0.3 is 0 Å². The number of carbonyl (C=O) groups is 1. The highest BCUT2D eigenvalue weighted by Crippen LogP contribution is 2.13. The van der Waals surface area contributed by atoms with Crippen LogP contribution in [0.4, 0.5) is 0 Å². The summed E-state index contributed by atoms with van der Waals surface area (Å²) in [7, 11) is -2.96. The summed E-state index contributed by atoms with van der Waals surface area (Å²) in [5.41, 5.74) is 2.58. The van der Waals surface area contributed by atoms with Crippen molar-refractivity contribution < 1.29 is 13.2 Å². The second-order valence-corrected chi connectivity index (χ2v) is 6.34. The van der Waals surface area contributed by atoms with Gasteiger partial charge in [-0.05, 0) is 37.5 Å². The quantitative estimate of drug-likeness (QED) is 0.754. The van der Waals surface area contributed by atoms with Gasteiger partial charge < -0.3 is 0 Å². The first-order valence-electron chi connectivity index (χ1n) is 5.08. The minimum Gasteiger partial charge on any atom is -0.295 e. The lowest BCUT2D eigenvalue weighted by Gasteiger charge is -2.06. The van der Waals surface area contributed by atoms with Gasteiger partial charge in [-0.2, -0.15) is 0 Å². The minimum atomic E-state index is -2.96. The molecule has 3 nitrogen and oxygen atoms in total. The summed E-state index contributed by atoms with van der Waals surface area (Å²) in [6, 6.07) is 5.40. The first-order valence-corrected chi connectivity index (χ1v) is 7.14. The van der Waals surface area contributed by atoms with Crippen LogP contribution in [0.1, 0.15) is 28.4 Å². The minimum absolute atomic E-state index is 0.000561. The van der Waals surface area contributed by atoms with Crippen LogP contribution in [0.2, 0.25) is 0 Å². The molecule has 0 amide bonds. The molecule has 0 fully saturated rings. The molecule has 0 bridgehead atoms. The Morgan fingerprint density at radius 2 is 1.94 bits per heavy atom. The molecule has 16 heavy (non-hydrogen) atoms. The van der Waals surface area contributed by atoms with Crippen LogP contribution in [0.15, 0.2) is 18.2 Å². The van der Waals surface area contributed by atoms with Crippen LogP contribution in [0, 0.1) is 6.92 Å². The van der Waals surface area contributed by atoms with Crippen LogP contribution in [0.5, 0.6) is 0 Å². The molecule has 0 spiro atoms. The summed E-state index contributed by atoms with van der Waals surface area (Å²) >= 11 is 0. The maximum atomic E-state index is 11.2. The van der Waals surface area contributed by atoms with Crippen LogP contribution in [0.25, 0.3) is 0 Å². The summed E-state index contributed by atoms with van der Waals surface area (Å²) in [6.45, 7) is 3.42. The van der Waals surface area contributed by atoms with Gasteiger partial charge in [-0.15, -0.1) is 0 Å². The maximum Gasteiger partial charge on any atom is 0.159 e. The highest BCUT2D eigenvalue weighted by Gasteiger charge is 2.07. The fraction of sp³-hybridized carbons (Fsp3) is 0.417. The lowest BCUT2D eigenvalue weighted by atomic mass is 10.0. The number of aryl methyl sites for hydroxylation is 2. The monoisotopic (exact) mass is 240 g/mol. The van der Waals surface area contributed by atoms with Gasteiger partial charge in [0.25, 0.3) is 0 Å². The van der Waals surface area contributed by atoms with Crippen molar-refractivity contribution in [1.29, 1.82) is 0 Å². The van der Waals surface area contributed by atoms with E-state index in [1.807, 2.05) is 13.0 Å². The molecule has 0 atom stereocenters. The molecule has 0 heterocycles. The van der Waals surface area contributed by atoms with Crippen LogP contribution in [-0.4, -0.2) is 26.2 Å². The Kier molecular flexibility index (Phi) is 3.86. The van der Waals surface area contributed by atoms with Gasteiger partial charge in [0.15, 0.2) is 5.78 Å². The topological polar surface area (TPSA) is 51.2 Å². The molecule has 0 aliphatic heterocycles. The van der Waals surface area contributed by atoms with Crippen molar-refractivity contribution >= 4 is 15.6 Å². The normalized spacial score (nSPS) is 11.4. The number of carbonyl (C=O) groups excluding carboxylic acids is 1. The van der Waals surface area contributed by atoms with Crippen molar-refractivity contribution in [2.45, 2.75) is 20.3 Å². The Balaban J connectivity index is 2.95. The number of sulfone groups is 1. The largest absolute Gasteiger partial charge is 0.295 e. The van der Waals surface area contributed by atoms with Crippen LogP contribution >= 0.6 is 0 Å². The second-order valence-electron chi connectivity index (χ2n) is 4.08. The summed E-state index contributed by atoms with van der Waals surface area (Å²) in [5, 5.41) is 0. The molecular formula is C12H16O3S. The molecule has 0 aliphatic carbocycles. The van der Waals surface area contributed by atoms with Crippen molar-refractivity contribution in [3.05, 3.63) is 34.9 Å². The number of ketones is 1. The number of benzene rings is 1. The zero-order valence-electron chi connectivity index (χ0n) is 9.78. The van der Waals surface area contributed by atoms with E-state index in [1.54, 1.807) is 12.1 Å². The number of hydrogen-bond donors (Lipinski definition) is 0. The van der Waals surface area contributed by atoms with E-state index >= 15 is 0 Å². The van der Waals surface area contributed by atoms with Crippen molar-refractivity contribution in [2.24, 2.45) is 0 Å². The fourth-order valence-electron chi connectivity index (χ4n) is 1.46. The molecule has 0 aliphatic rings. The third kappa shape index (κ3) is 3.77. The number of hydrogen-bond acceptors (Lipinski definition) is 3. The van der Waals surface area contributed by atoms with E-state index in [0.717, 1.165) is 11.1 Å². The second kappa shape index (κ2) is 4.78. The average Bonchev–Trinajstić information content (AvgIpc) is 2.14. The highest BCUT2D eigenvalue weighted by atomic mass is 32.2. The van der Waals surface area contributed by atoms with Gasteiger partial charge in [0, 0.05) is 11.8 Å². The van der Waals surface area contributed by atoms with Gasteiger partial charge in [-0.3, -0.25) is 4.79 Å². The van der Waals surface area contributed by atoms with Gasteiger partial charge in [-0.1, -0.05) is 12.1 Å². The van der Waals surface area contributed by atoms with E-state index in [9.17, 15) is 13.2 Å². The summed E-state index contributed by atoms with van der Waals surface area (Å²) in [4.78, 5) is 11.2. The van der Waals surface area contributed by atoms with Crippen molar-refractivity contribution in [3.8, 4) is 0 Å². The van der Waals surface area contributed by atoms with Gasteiger partial charge in [0.2, 0.25) is 0 Å². The SMILES string of the molecule is CC(=O)c1ccc(C)c(CCS(C)(=O)=O)c1. The first kappa shape index (κ1) is 12.9. The summed E-state index contributed by atoms with van der Waals surface area (Å²) in [5.74, 6) is 0.121. The molecule has 4 heteroatoms. The third-order valence-corrected chi connectivity index (χ3v) is 3.44. The maximum absolute atomic E-state index is 11.2. The Labute approximate surface area is 96.4 Å². The lowest BCUT2D eigenvalue weighted by Crippen LogP contribution is -2.07. The number of Topliss-reactive ketones (excluding diaryl/α,β-unsaturated/α-hetero) is 1. The van der Waals surface area contributed by atoms with Gasteiger partial charge in [0.1, 0.15) is 9.84 Å².